The van der Waals surface area contributed by atoms with Gasteiger partial charge in [-0.1, -0.05) is 6.42 Å². The number of ether oxygens (including phenoxy) is 1. The van der Waals surface area contributed by atoms with Crippen LogP contribution in [0.3, 0.4) is 0 Å². The largest absolute Gasteiger partial charge is 0.469 e. The van der Waals surface area contributed by atoms with Crippen molar-refractivity contribution >= 4 is 11.5 Å². The summed E-state index contributed by atoms with van der Waals surface area (Å²) < 4.78 is 45.3. The molecule has 2 rings (SSSR count). The normalized spacial score (nSPS) is 24.4. The minimum atomic E-state index is -4.51. The summed E-state index contributed by atoms with van der Waals surface area (Å²) in [6.45, 7) is 0.965. The Kier molecular flexibility index (Phi) is 4.06. The fraction of sp³-hybridized carbons (Fsp3) is 0.800. The maximum atomic E-state index is 12.3. The lowest BCUT2D eigenvalue weighted by molar-refractivity contribution is -0.144. The van der Waals surface area contributed by atoms with Crippen molar-refractivity contribution in [3.8, 4) is 5.19 Å². The van der Waals surface area contributed by atoms with Crippen LogP contribution in [0, 0.1) is 11.8 Å². The number of halogens is 3. The standard InChI is InChI=1S/C10H14F3N3OS/c11-10(12,13)8-15-9(18-16-8)17-5-7-3-1-2-6(7)4-14/h6-7H,1-5,14H2. The van der Waals surface area contributed by atoms with Crippen molar-refractivity contribution in [1.82, 2.24) is 9.36 Å². The molecule has 2 atom stereocenters. The topological polar surface area (TPSA) is 61.0 Å². The van der Waals surface area contributed by atoms with Gasteiger partial charge in [0.05, 0.1) is 6.61 Å². The molecule has 2 N–H and O–H groups in total. The van der Waals surface area contributed by atoms with Gasteiger partial charge in [0.25, 0.3) is 11.0 Å². The molecule has 1 heterocycles. The Balaban J connectivity index is 1.89. The summed E-state index contributed by atoms with van der Waals surface area (Å²) in [4.78, 5) is 3.32. The summed E-state index contributed by atoms with van der Waals surface area (Å²) in [6, 6.07) is 0. The van der Waals surface area contributed by atoms with Crippen molar-refractivity contribution in [3.05, 3.63) is 5.82 Å². The lowest BCUT2D eigenvalue weighted by Crippen LogP contribution is -2.23. The molecule has 0 bridgehead atoms. The highest BCUT2D eigenvalue weighted by Crippen LogP contribution is 2.33. The van der Waals surface area contributed by atoms with E-state index in [-0.39, 0.29) is 5.19 Å². The summed E-state index contributed by atoms with van der Waals surface area (Å²) in [6.07, 6.45) is -1.34. The third-order valence-electron chi connectivity index (χ3n) is 3.20. The second-order valence-corrected chi connectivity index (χ2v) is 5.09. The van der Waals surface area contributed by atoms with Gasteiger partial charge in [0.15, 0.2) is 0 Å². The van der Waals surface area contributed by atoms with Crippen LogP contribution in [0.1, 0.15) is 25.1 Å². The van der Waals surface area contributed by atoms with E-state index >= 15 is 0 Å². The first-order valence-corrected chi connectivity index (χ1v) is 6.52. The number of hydrogen-bond acceptors (Lipinski definition) is 5. The monoisotopic (exact) mass is 281 g/mol. The van der Waals surface area contributed by atoms with E-state index in [1.807, 2.05) is 0 Å². The average molecular weight is 281 g/mol. The number of alkyl halides is 3. The molecule has 1 aliphatic rings. The molecule has 4 nitrogen and oxygen atoms in total. The van der Waals surface area contributed by atoms with Gasteiger partial charge in [0, 0.05) is 11.5 Å². The molecular formula is C10H14F3N3OS. The molecule has 0 saturated heterocycles. The lowest BCUT2D eigenvalue weighted by atomic mass is 9.97. The van der Waals surface area contributed by atoms with E-state index in [1.54, 1.807) is 0 Å². The van der Waals surface area contributed by atoms with E-state index in [0.29, 0.717) is 36.5 Å². The molecule has 8 heteroatoms. The average Bonchev–Trinajstić information content (AvgIpc) is 2.94. The van der Waals surface area contributed by atoms with Gasteiger partial charge in [0.2, 0.25) is 0 Å². The molecule has 0 radical (unpaired) electrons. The minimum Gasteiger partial charge on any atom is -0.469 e. The molecule has 2 unspecified atom stereocenters. The number of aromatic nitrogens is 2. The van der Waals surface area contributed by atoms with Crippen LogP contribution < -0.4 is 10.5 Å². The van der Waals surface area contributed by atoms with Crippen LogP contribution in [0.4, 0.5) is 13.2 Å². The van der Waals surface area contributed by atoms with Crippen molar-refractivity contribution in [2.75, 3.05) is 13.2 Å². The minimum absolute atomic E-state index is 0.0232. The Morgan fingerprint density at radius 3 is 2.67 bits per heavy atom. The van der Waals surface area contributed by atoms with Gasteiger partial charge >= 0.3 is 6.18 Å². The molecular weight excluding hydrogens is 267 g/mol. The highest BCUT2D eigenvalue weighted by atomic mass is 32.1. The Morgan fingerprint density at radius 2 is 2.06 bits per heavy atom. The van der Waals surface area contributed by atoms with Crippen molar-refractivity contribution in [2.24, 2.45) is 17.6 Å². The summed E-state index contributed by atoms with van der Waals surface area (Å²) in [5, 5.41) is -0.0232. The smallest absolute Gasteiger partial charge is 0.452 e. The van der Waals surface area contributed by atoms with Gasteiger partial charge in [-0.05, 0) is 31.2 Å². The maximum Gasteiger partial charge on any atom is 0.452 e. The molecule has 1 saturated carbocycles. The first kappa shape index (κ1) is 13.5. The molecule has 1 aromatic rings. The van der Waals surface area contributed by atoms with Crippen molar-refractivity contribution in [2.45, 2.75) is 25.4 Å². The van der Waals surface area contributed by atoms with Crippen LogP contribution in [0.5, 0.6) is 5.19 Å². The second-order valence-electron chi connectivity index (χ2n) is 4.38. The molecule has 0 aliphatic heterocycles. The van der Waals surface area contributed by atoms with E-state index in [4.69, 9.17) is 10.5 Å². The fourth-order valence-electron chi connectivity index (χ4n) is 2.21. The SMILES string of the molecule is NCC1CCCC1COc1nc(C(F)(F)F)ns1. The van der Waals surface area contributed by atoms with Gasteiger partial charge in [-0.3, -0.25) is 0 Å². The quantitative estimate of drug-likeness (QED) is 0.920. The highest BCUT2D eigenvalue weighted by Gasteiger charge is 2.36. The Bertz CT molecular complexity index is 396. The number of nitrogens with two attached hydrogens (primary N) is 1. The van der Waals surface area contributed by atoms with E-state index < -0.39 is 12.0 Å². The van der Waals surface area contributed by atoms with Crippen LogP contribution in [0.15, 0.2) is 0 Å². The Labute approximate surface area is 107 Å². The van der Waals surface area contributed by atoms with Gasteiger partial charge in [-0.15, -0.1) is 0 Å². The Hall–Kier alpha value is -0.890. The van der Waals surface area contributed by atoms with E-state index in [9.17, 15) is 13.2 Å². The molecule has 0 spiro atoms. The summed E-state index contributed by atoms with van der Waals surface area (Å²) in [5.41, 5.74) is 5.62. The molecule has 102 valence electrons. The van der Waals surface area contributed by atoms with Crippen LogP contribution in [-0.2, 0) is 6.18 Å². The molecule has 1 fully saturated rings. The van der Waals surface area contributed by atoms with Crippen LogP contribution in [0.25, 0.3) is 0 Å². The summed E-state index contributed by atoms with van der Waals surface area (Å²) in [7, 11) is 0. The lowest BCUT2D eigenvalue weighted by Gasteiger charge is -2.16. The van der Waals surface area contributed by atoms with Crippen LogP contribution in [0.2, 0.25) is 0 Å². The fourth-order valence-corrected chi connectivity index (χ4v) is 2.76. The second kappa shape index (κ2) is 5.40. The third kappa shape index (κ3) is 3.11. The van der Waals surface area contributed by atoms with E-state index in [1.165, 1.54) is 0 Å². The molecule has 1 aliphatic carbocycles. The molecule has 18 heavy (non-hydrogen) atoms. The van der Waals surface area contributed by atoms with Crippen molar-refractivity contribution < 1.29 is 17.9 Å². The zero-order valence-corrected chi connectivity index (χ0v) is 10.4. The third-order valence-corrected chi connectivity index (χ3v) is 3.83. The first-order valence-electron chi connectivity index (χ1n) is 5.74. The molecule has 1 aromatic heterocycles. The van der Waals surface area contributed by atoms with Gasteiger partial charge in [-0.25, -0.2) is 0 Å². The number of hydrogen-bond donors (Lipinski definition) is 1. The maximum absolute atomic E-state index is 12.3. The van der Waals surface area contributed by atoms with E-state index in [2.05, 4.69) is 9.36 Å². The summed E-state index contributed by atoms with van der Waals surface area (Å²) >= 11 is 0.634. The highest BCUT2D eigenvalue weighted by molar-refractivity contribution is 7.07. The van der Waals surface area contributed by atoms with Crippen molar-refractivity contribution in [1.29, 1.82) is 0 Å². The number of rotatable bonds is 4. The first-order chi connectivity index (χ1) is 8.50. The Morgan fingerprint density at radius 1 is 1.33 bits per heavy atom. The number of nitrogens with zero attached hydrogens (tertiary/aromatic N) is 2. The summed E-state index contributed by atoms with van der Waals surface area (Å²) in [5.74, 6) is -0.419. The van der Waals surface area contributed by atoms with Gasteiger partial charge in [0.1, 0.15) is 0 Å². The van der Waals surface area contributed by atoms with Gasteiger partial charge in [-0.2, -0.15) is 22.5 Å². The van der Waals surface area contributed by atoms with Crippen LogP contribution >= 0.6 is 11.5 Å². The predicted octanol–water partition coefficient (Wildman–Crippen LogP) is 2.31. The zero-order chi connectivity index (χ0) is 13.2. The molecule has 0 aromatic carbocycles. The predicted molar refractivity (Wildman–Crippen MR) is 60.3 cm³/mol. The van der Waals surface area contributed by atoms with E-state index in [0.717, 1.165) is 19.3 Å². The van der Waals surface area contributed by atoms with Gasteiger partial charge < -0.3 is 10.5 Å². The molecule has 0 amide bonds. The van der Waals surface area contributed by atoms with Crippen LogP contribution in [-0.4, -0.2) is 22.5 Å². The van der Waals surface area contributed by atoms with Crippen molar-refractivity contribution in [3.63, 3.8) is 0 Å². The zero-order valence-electron chi connectivity index (χ0n) is 9.61.